The van der Waals surface area contributed by atoms with Gasteiger partial charge in [-0.1, -0.05) is 0 Å². The smallest absolute Gasteiger partial charge is 0.0946 e. The fourth-order valence-electron chi connectivity index (χ4n) is 0.803. The summed E-state index contributed by atoms with van der Waals surface area (Å²) < 4.78 is 6.84. The van der Waals surface area contributed by atoms with Gasteiger partial charge in [-0.3, -0.25) is 0 Å². The largest absolute Gasteiger partial charge is 0.384 e. The third kappa shape index (κ3) is 1.84. The number of methoxy groups -OCH3 is 1. The molecule has 1 rings (SSSR count). The Morgan fingerprint density at radius 3 is 3.00 bits per heavy atom. The Balaban J connectivity index is 2.42. The van der Waals surface area contributed by atoms with Gasteiger partial charge in [-0.05, 0) is 0 Å². The molecule has 0 amide bonds. The number of ether oxygens (including phenoxy) is 1. The monoisotopic (exact) mass is 140 g/mol. The molecule has 0 saturated heterocycles. The van der Waals surface area contributed by atoms with E-state index in [0.29, 0.717) is 0 Å². The molecule has 0 aliphatic heterocycles. The highest BCUT2D eigenvalue weighted by Gasteiger charge is 1.93. The summed E-state index contributed by atoms with van der Waals surface area (Å²) in [6.07, 6.45) is 4.70. The first-order chi connectivity index (χ1) is 4.83. The SMILES string of the molecule is COCCc1cn(C)cn1. The second kappa shape index (κ2) is 3.37. The first-order valence-corrected chi connectivity index (χ1v) is 3.28. The van der Waals surface area contributed by atoms with E-state index < -0.39 is 0 Å². The van der Waals surface area contributed by atoms with Crippen molar-refractivity contribution >= 4 is 0 Å². The Hall–Kier alpha value is -0.830. The highest BCUT2D eigenvalue weighted by Crippen LogP contribution is 1.94. The number of aryl methyl sites for hydroxylation is 1. The molecule has 0 aromatic carbocycles. The van der Waals surface area contributed by atoms with E-state index in [1.807, 2.05) is 17.8 Å². The second-order valence-electron chi connectivity index (χ2n) is 2.27. The van der Waals surface area contributed by atoms with E-state index in [-0.39, 0.29) is 0 Å². The van der Waals surface area contributed by atoms with Gasteiger partial charge in [0.25, 0.3) is 0 Å². The lowest BCUT2D eigenvalue weighted by atomic mass is 10.3. The van der Waals surface area contributed by atoms with Gasteiger partial charge in [0.1, 0.15) is 0 Å². The van der Waals surface area contributed by atoms with E-state index in [4.69, 9.17) is 4.74 Å². The molecule has 3 heteroatoms. The van der Waals surface area contributed by atoms with Crippen LogP contribution >= 0.6 is 0 Å². The highest BCUT2D eigenvalue weighted by atomic mass is 16.5. The molecule has 0 aliphatic carbocycles. The van der Waals surface area contributed by atoms with E-state index in [1.54, 1.807) is 13.4 Å². The van der Waals surface area contributed by atoms with E-state index >= 15 is 0 Å². The van der Waals surface area contributed by atoms with Gasteiger partial charge in [0.2, 0.25) is 0 Å². The van der Waals surface area contributed by atoms with Crippen molar-refractivity contribution in [2.75, 3.05) is 13.7 Å². The van der Waals surface area contributed by atoms with Crippen LogP contribution in [0.2, 0.25) is 0 Å². The number of rotatable bonds is 3. The molecular formula is C7H12N2O. The van der Waals surface area contributed by atoms with Crippen molar-refractivity contribution in [3.05, 3.63) is 18.2 Å². The summed E-state index contributed by atoms with van der Waals surface area (Å²) in [5, 5.41) is 0. The summed E-state index contributed by atoms with van der Waals surface area (Å²) in [4.78, 5) is 4.14. The molecule has 3 nitrogen and oxygen atoms in total. The Bertz CT molecular complexity index is 195. The molecule has 1 heterocycles. The van der Waals surface area contributed by atoms with Crippen molar-refractivity contribution in [1.29, 1.82) is 0 Å². The van der Waals surface area contributed by atoms with Gasteiger partial charge in [0.05, 0.1) is 18.6 Å². The lowest BCUT2D eigenvalue weighted by Gasteiger charge is -1.92. The van der Waals surface area contributed by atoms with Crippen LogP contribution in [-0.4, -0.2) is 23.3 Å². The van der Waals surface area contributed by atoms with Crippen LogP contribution in [0.15, 0.2) is 12.5 Å². The fourth-order valence-corrected chi connectivity index (χ4v) is 0.803. The van der Waals surface area contributed by atoms with Crippen LogP contribution in [0.4, 0.5) is 0 Å². The van der Waals surface area contributed by atoms with Crippen molar-refractivity contribution in [1.82, 2.24) is 9.55 Å². The number of imidazole rings is 1. The molecular weight excluding hydrogens is 128 g/mol. The Labute approximate surface area is 60.6 Å². The van der Waals surface area contributed by atoms with E-state index in [2.05, 4.69) is 4.98 Å². The molecule has 10 heavy (non-hydrogen) atoms. The average molecular weight is 140 g/mol. The first-order valence-electron chi connectivity index (χ1n) is 3.28. The van der Waals surface area contributed by atoms with Gasteiger partial charge in [0.15, 0.2) is 0 Å². The summed E-state index contributed by atoms with van der Waals surface area (Å²) in [7, 11) is 3.66. The number of hydrogen-bond donors (Lipinski definition) is 0. The van der Waals surface area contributed by atoms with Crippen molar-refractivity contribution in [2.24, 2.45) is 7.05 Å². The maximum atomic E-state index is 4.91. The van der Waals surface area contributed by atoms with Gasteiger partial charge < -0.3 is 9.30 Å². The normalized spacial score (nSPS) is 10.2. The Kier molecular flexibility index (Phi) is 2.45. The topological polar surface area (TPSA) is 27.1 Å². The minimum atomic E-state index is 0.747. The molecule has 0 radical (unpaired) electrons. The second-order valence-corrected chi connectivity index (χ2v) is 2.27. The van der Waals surface area contributed by atoms with Crippen molar-refractivity contribution in [3.63, 3.8) is 0 Å². The molecule has 0 N–H and O–H groups in total. The predicted molar refractivity (Wildman–Crippen MR) is 38.8 cm³/mol. The summed E-state index contributed by atoms with van der Waals surface area (Å²) >= 11 is 0. The first kappa shape index (κ1) is 7.28. The predicted octanol–water partition coefficient (Wildman–Crippen LogP) is 0.609. The zero-order chi connectivity index (χ0) is 7.40. The summed E-state index contributed by atoms with van der Waals surface area (Å²) in [6.45, 7) is 0.747. The van der Waals surface area contributed by atoms with Crippen molar-refractivity contribution < 1.29 is 4.74 Å². The maximum absolute atomic E-state index is 4.91. The van der Waals surface area contributed by atoms with Crippen LogP contribution in [0, 0.1) is 0 Å². The molecule has 0 atom stereocenters. The minimum Gasteiger partial charge on any atom is -0.384 e. The lowest BCUT2D eigenvalue weighted by molar-refractivity contribution is 0.201. The van der Waals surface area contributed by atoms with Crippen LogP contribution in [0.3, 0.4) is 0 Å². The molecule has 0 spiro atoms. The van der Waals surface area contributed by atoms with Gasteiger partial charge in [-0.25, -0.2) is 4.98 Å². The van der Waals surface area contributed by atoms with Gasteiger partial charge >= 0.3 is 0 Å². The molecule has 1 aromatic heterocycles. The molecule has 0 aliphatic rings. The van der Waals surface area contributed by atoms with Crippen molar-refractivity contribution in [2.45, 2.75) is 6.42 Å². The summed E-state index contributed by atoms with van der Waals surface area (Å²) in [5.41, 5.74) is 1.09. The Morgan fingerprint density at radius 1 is 1.70 bits per heavy atom. The van der Waals surface area contributed by atoms with Gasteiger partial charge in [-0.15, -0.1) is 0 Å². The van der Waals surface area contributed by atoms with E-state index in [0.717, 1.165) is 18.7 Å². The maximum Gasteiger partial charge on any atom is 0.0946 e. The average Bonchev–Trinajstić information content (AvgIpc) is 2.31. The number of nitrogens with zero attached hydrogens (tertiary/aromatic N) is 2. The zero-order valence-electron chi connectivity index (χ0n) is 6.37. The lowest BCUT2D eigenvalue weighted by Crippen LogP contribution is -1.93. The molecule has 1 aromatic rings. The number of hydrogen-bond acceptors (Lipinski definition) is 2. The van der Waals surface area contributed by atoms with Gasteiger partial charge in [0, 0.05) is 26.8 Å². The third-order valence-electron chi connectivity index (χ3n) is 1.32. The van der Waals surface area contributed by atoms with Crippen LogP contribution < -0.4 is 0 Å². The molecule has 56 valence electrons. The molecule has 0 bridgehead atoms. The van der Waals surface area contributed by atoms with E-state index in [9.17, 15) is 0 Å². The highest BCUT2D eigenvalue weighted by molar-refractivity contribution is 4.95. The fraction of sp³-hybridized carbons (Fsp3) is 0.571. The number of aromatic nitrogens is 2. The zero-order valence-corrected chi connectivity index (χ0v) is 6.37. The minimum absolute atomic E-state index is 0.747. The van der Waals surface area contributed by atoms with Crippen LogP contribution in [0.5, 0.6) is 0 Å². The van der Waals surface area contributed by atoms with Crippen LogP contribution in [0.25, 0.3) is 0 Å². The molecule has 0 unspecified atom stereocenters. The van der Waals surface area contributed by atoms with Crippen LogP contribution in [-0.2, 0) is 18.2 Å². The third-order valence-corrected chi connectivity index (χ3v) is 1.32. The van der Waals surface area contributed by atoms with Gasteiger partial charge in [-0.2, -0.15) is 0 Å². The standard InChI is InChI=1S/C7H12N2O/c1-9-5-7(8-6-9)3-4-10-2/h5-6H,3-4H2,1-2H3. The van der Waals surface area contributed by atoms with Crippen LogP contribution in [0.1, 0.15) is 5.69 Å². The summed E-state index contributed by atoms with van der Waals surface area (Å²) in [5.74, 6) is 0. The molecule has 0 fully saturated rings. The Morgan fingerprint density at radius 2 is 2.50 bits per heavy atom. The quantitative estimate of drug-likeness (QED) is 0.615. The molecule has 0 saturated carbocycles. The van der Waals surface area contributed by atoms with Crippen molar-refractivity contribution in [3.8, 4) is 0 Å². The summed E-state index contributed by atoms with van der Waals surface area (Å²) in [6, 6.07) is 0. The van der Waals surface area contributed by atoms with E-state index in [1.165, 1.54) is 0 Å².